The molecule has 18 heavy (non-hydrogen) atoms. The maximum atomic E-state index is 11.3. The quantitative estimate of drug-likeness (QED) is 0.322. The Morgan fingerprint density at radius 2 is 2.22 bits per heavy atom. The number of hydrazine groups is 1. The van der Waals surface area contributed by atoms with Gasteiger partial charge < -0.3 is 9.47 Å². The lowest BCUT2D eigenvalue weighted by Crippen LogP contribution is -2.30. The van der Waals surface area contributed by atoms with Crippen molar-refractivity contribution < 1.29 is 14.3 Å². The predicted octanol–water partition coefficient (Wildman–Crippen LogP) is 0.627. The number of nitrogen functional groups attached to an aromatic ring is 1. The molecule has 6 heteroatoms. The maximum absolute atomic E-state index is 11.3. The summed E-state index contributed by atoms with van der Waals surface area (Å²) < 4.78 is 10.7. The highest BCUT2D eigenvalue weighted by Crippen LogP contribution is 2.01. The highest BCUT2D eigenvalue weighted by molar-refractivity contribution is 5.91. The molecule has 1 heterocycles. The number of hydrogen-bond donors (Lipinski definition) is 2. The molecule has 0 fully saturated rings. The molecule has 6 nitrogen and oxygen atoms in total. The van der Waals surface area contributed by atoms with Crippen molar-refractivity contribution >= 4 is 5.91 Å². The van der Waals surface area contributed by atoms with E-state index >= 15 is 0 Å². The molecule has 1 aromatic rings. The van der Waals surface area contributed by atoms with Crippen molar-refractivity contribution in [3.63, 3.8) is 0 Å². The average molecular weight is 253 g/mol. The summed E-state index contributed by atoms with van der Waals surface area (Å²) in [6.45, 7) is 5.31. The zero-order valence-electron chi connectivity index (χ0n) is 10.7. The molecule has 0 radical (unpaired) electrons. The number of nitrogens with zero attached hydrogens (tertiary/aromatic N) is 1. The van der Waals surface area contributed by atoms with Gasteiger partial charge in [0, 0.05) is 0 Å². The van der Waals surface area contributed by atoms with Crippen LogP contribution in [0.15, 0.2) is 18.2 Å². The molecule has 0 spiro atoms. The van der Waals surface area contributed by atoms with Crippen LogP contribution in [0.1, 0.15) is 30.0 Å². The summed E-state index contributed by atoms with van der Waals surface area (Å²) in [5, 5.41) is 0. The number of amides is 1. The highest BCUT2D eigenvalue weighted by Gasteiger charge is 2.05. The molecular weight excluding hydrogens is 234 g/mol. The third-order valence-corrected chi connectivity index (χ3v) is 2.10. The summed E-state index contributed by atoms with van der Waals surface area (Å²) in [5.41, 5.74) is 2.99. The van der Waals surface area contributed by atoms with Crippen LogP contribution in [0.25, 0.3) is 0 Å². The van der Waals surface area contributed by atoms with E-state index in [4.69, 9.17) is 15.3 Å². The Bertz CT molecular complexity index is 383. The van der Waals surface area contributed by atoms with Gasteiger partial charge in [0.25, 0.3) is 5.91 Å². The molecule has 0 aliphatic rings. The second-order valence-corrected chi connectivity index (χ2v) is 3.96. The molecule has 1 rings (SSSR count). The lowest BCUT2D eigenvalue weighted by molar-refractivity contribution is 0.0135. The lowest BCUT2D eigenvalue weighted by Gasteiger charge is -2.08. The number of ether oxygens (including phenoxy) is 2. The van der Waals surface area contributed by atoms with Crippen molar-refractivity contribution in [2.45, 2.75) is 26.6 Å². The number of rotatable bonds is 7. The Hall–Kier alpha value is -1.50. The summed E-state index contributed by atoms with van der Waals surface area (Å²) in [4.78, 5) is 15.4. The van der Waals surface area contributed by atoms with Crippen LogP contribution in [0, 0.1) is 0 Å². The van der Waals surface area contributed by atoms with Crippen molar-refractivity contribution in [3.8, 4) is 0 Å². The number of nitrogens with two attached hydrogens (primary N) is 1. The normalized spacial score (nSPS) is 10.7. The molecule has 0 bridgehead atoms. The van der Waals surface area contributed by atoms with E-state index in [1.54, 1.807) is 18.2 Å². The van der Waals surface area contributed by atoms with E-state index in [-0.39, 0.29) is 11.8 Å². The smallest absolute Gasteiger partial charge is 0.283 e. The molecule has 0 aliphatic carbocycles. The molecule has 0 atom stereocenters. The number of aromatic nitrogens is 1. The maximum Gasteiger partial charge on any atom is 0.283 e. The van der Waals surface area contributed by atoms with Gasteiger partial charge in [0.1, 0.15) is 5.69 Å². The van der Waals surface area contributed by atoms with Crippen molar-refractivity contribution in [1.29, 1.82) is 0 Å². The largest absolute Gasteiger partial charge is 0.376 e. The van der Waals surface area contributed by atoms with Crippen LogP contribution in [-0.2, 0) is 16.1 Å². The summed E-state index contributed by atoms with van der Waals surface area (Å²) >= 11 is 0. The molecule has 1 aromatic heterocycles. The minimum Gasteiger partial charge on any atom is -0.376 e. The molecule has 0 saturated carbocycles. The van der Waals surface area contributed by atoms with E-state index in [1.807, 2.05) is 19.3 Å². The van der Waals surface area contributed by atoms with Crippen molar-refractivity contribution in [2.75, 3.05) is 13.2 Å². The summed E-state index contributed by atoms with van der Waals surface area (Å²) in [6.07, 6.45) is 0.198. The fraction of sp³-hybridized carbons (Fsp3) is 0.500. The number of pyridine rings is 1. The first-order valence-corrected chi connectivity index (χ1v) is 5.79. The SMILES string of the molecule is CC(C)OCCOCc1cccc(C(=O)NN)n1. The molecule has 0 saturated heterocycles. The average Bonchev–Trinajstić information content (AvgIpc) is 2.37. The first-order chi connectivity index (χ1) is 8.63. The van der Waals surface area contributed by atoms with E-state index in [0.29, 0.717) is 25.5 Å². The molecule has 0 aliphatic heterocycles. The lowest BCUT2D eigenvalue weighted by atomic mass is 10.3. The Balaban J connectivity index is 2.36. The van der Waals surface area contributed by atoms with E-state index in [0.717, 1.165) is 0 Å². The Morgan fingerprint density at radius 3 is 2.89 bits per heavy atom. The van der Waals surface area contributed by atoms with Gasteiger partial charge in [-0.05, 0) is 26.0 Å². The van der Waals surface area contributed by atoms with Gasteiger partial charge in [-0.3, -0.25) is 10.2 Å². The van der Waals surface area contributed by atoms with Crippen molar-refractivity contribution in [2.24, 2.45) is 5.84 Å². The Labute approximate surface area is 106 Å². The zero-order valence-corrected chi connectivity index (χ0v) is 10.7. The third kappa shape index (κ3) is 5.22. The minimum atomic E-state index is -0.417. The van der Waals surface area contributed by atoms with Crippen LogP contribution in [0.5, 0.6) is 0 Å². The summed E-state index contributed by atoms with van der Waals surface area (Å²) in [7, 11) is 0. The fourth-order valence-corrected chi connectivity index (χ4v) is 1.28. The van der Waals surface area contributed by atoms with Gasteiger partial charge in [0.05, 0.1) is 31.6 Å². The molecule has 100 valence electrons. The van der Waals surface area contributed by atoms with Crippen molar-refractivity contribution in [1.82, 2.24) is 10.4 Å². The van der Waals surface area contributed by atoms with Crippen LogP contribution in [-0.4, -0.2) is 30.2 Å². The van der Waals surface area contributed by atoms with Gasteiger partial charge in [-0.1, -0.05) is 6.07 Å². The van der Waals surface area contributed by atoms with Crippen LogP contribution >= 0.6 is 0 Å². The van der Waals surface area contributed by atoms with E-state index in [1.165, 1.54) is 0 Å². The first-order valence-electron chi connectivity index (χ1n) is 5.79. The number of nitrogens with one attached hydrogen (secondary N) is 1. The van der Waals surface area contributed by atoms with E-state index in [2.05, 4.69) is 4.98 Å². The van der Waals surface area contributed by atoms with Gasteiger partial charge in [0.2, 0.25) is 0 Å². The van der Waals surface area contributed by atoms with Crippen LogP contribution in [0.4, 0.5) is 0 Å². The summed E-state index contributed by atoms with van der Waals surface area (Å²) in [6, 6.07) is 5.12. The number of carbonyl (C=O) groups is 1. The standard InChI is InChI=1S/C12H19N3O3/c1-9(2)18-7-6-17-8-10-4-3-5-11(14-10)12(16)15-13/h3-5,9H,6-8,13H2,1-2H3,(H,15,16). The van der Waals surface area contributed by atoms with E-state index in [9.17, 15) is 4.79 Å². The Kier molecular flexibility index (Phi) is 6.27. The number of hydrogen-bond acceptors (Lipinski definition) is 5. The van der Waals surface area contributed by atoms with Gasteiger partial charge in [-0.15, -0.1) is 0 Å². The topological polar surface area (TPSA) is 86.5 Å². The van der Waals surface area contributed by atoms with Crippen molar-refractivity contribution in [3.05, 3.63) is 29.6 Å². The summed E-state index contributed by atoms with van der Waals surface area (Å²) in [5.74, 6) is 4.62. The molecule has 0 aromatic carbocycles. The van der Waals surface area contributed by atoms with Crippen LogP contribution in [0.3, 0.4) is 0 Å². The second kappa shape index (κ2) is 7.75. The zero-order chi connectivity index (χ0) is 13.4. The van der Waals surface area contributed by atoms with Gasteiger partial charge in [-0.25, -0.2) is 10.8 Å². The molecule has 3 N–H and O–H groups in total. The minimum absolute atomic E-state index is 0.198. The molecule has 0 unspecified atom stereocenters. The van der Waals surface area contributed by atoms with Crippen LogP contribution in [0.2, 0.25) is 0 Å². The third-order valence-electron chi connectivity index (χ3n) is 2.10. The van der Waals surface area contributed by atoms with E-state index < -0.39 is 5.91 Å². The first kappa shape index (κ1) is 14.6. The molecular formula is C12H19N3O3. The highest BCUT2D eigenvalue weighted by atomic mass is 16.5. The van der Waals surface area contributed by atoms with Gasteiger partial charge in [0.15, 0.2) is 0 Å². The van der Waals surface area contributed by atoms with Gasteiger partial charge >= 0.3 is 0 Å². The van der Waals surface area contributed by atoms with Gasteiger partial charge in [-0.2, -0.15) is 0 Å². The second-order valence-electron chi connectivity index (χ2n) is 3.96. The van der Waals surface area contributed by atoms with Crippen LogP contribution < -0.4 is 11.3 Å². The fourth-order valence-electron chi connectivity index (χ4n) is 1.28. The Morgan fingerprint density at radius 1 is 1.44 bits per heavy atom. The predicted molar refractivity (Wildman–Crippen MR) is 66.6 cm³/mol. The number of carbonyl (C=O) groups excluding carboxylic acids is 1. The molecule has 1 amide bonds. The monoisotopic (exact) mass is 253 g/mol.